The Balaban J connectivity index is 0.906. The molecule has 4 aliphatic heterocycles. The highest BCUT2D eigenvalue weighted by Crippen LogP contribution is 2.48. The van der Waals surface area contributed by atoms with Gasteiger partial charge in [0.15, 0.2) is 0 Å². The molecule has 2 saturated heterocycles. The number of halogens is 2. The van der Waals surface area contributed by atoms with Crippen molar-refractivity contribution in [1.82, 2.24) is 9.80 Å². The number of anilines is 2. The summed E-state index contributed by atoms with van der Waals surface area (Å²) in [5, 5.41) is 10.1. The standard InChI is InChI=1S/C41H44F2N4O4/c1-44-24-29-20-38(36(43)22-33(29)41(44)49)47-16-14-45(15-17-47)23-26-10-12-46(13-11-26)37-9-6-28(19-35(37)42)40-32-8-7-30(48)21-39(32)51-25-34(40)27-4-3-5-31(18-27)50-2/h3-9,18-22,26,34,40,48H,10-17,23-25H2,1-2H3/t34-,40-/m1/s1. The van der Waals surface area contributed by atoms with Crippen LogP contribution in [0, 0.1) is 17.6 Å². The highest BCUT2D eigenvalue weighted by atomic mass is 19.1. The first-order chi connectivity index (χ1) is 24.7. The maximum atomic E-state index is 16.1. The molecular weight excluding hydrogens is 650 g/mol. The average Bonchev–Trinajstić information content (AvgIpc) is 3.42. The number of fused-ring (bicyclic) bond motifs is 2. The first kappa shape index (κ1) is 33.3. The number of phenols is 1. The summed E-state index contributed by atoms with van der Waals surface area (Å²) in [6, 6.07) is 22.0. The SMILES string of the molecule is COc1cccc([C@H]2COc3cc(O)ccc3[C@H]2c2ccc(N3CCC(CN4CCN(c5cc6c(cc5F)C(=O)N(C)C6)CC4)CC3)c(F)c2)c1. The summed E-state index contributed by atoms with van der Waals surface area (Å²) in [5.41, 5.74) is 5.43. The molecule has 0 radical (unpaired) electrons. The zero-order chi connectivity index (χ0) is 35.2. The molecule has 266 valence electrons. The summed E-state index contributed by atoms with van der Waals surface area (Å²) in [7, 11) is 3.39. The fourth-order valence-electron chi connectivity index (χ4n) is 8.55. The van der Waals surface area contributed by atoms with E-state index in [1.807, 2.05) is 42.5 Å². The second kappa shape index (κ2) is 13.7. The van der Waals surface area contributed by atoms with Gasteiger partial charge in [0.2, 0.25) is 0 Å². The number of nitrogens with zero attached hydrogens (tertiary/aromatic N) is 4. The smallest absolute Gasteiger partial charge is 0.254 e. The molecule has 4 aromatic rings. The molecule has 2 fully saturated rings. The van der Waals surface area contributed by atoms with Crippen LogP contribution in [0.3, 0.4) is 0 Å². The van der Waals surface area contributed by atoms with Crippen LogP contribution >= 0.6 is 0 Å². The summed E-state index contributed by atoms with van der Waals surface area (Å²) in [6.07, 6.45) is 1.97. The van der Waals surface area contributed by atoms with Gasteiger partial charge in [0.1, 0.15) is 28.9 Å². The van der Waals surface area contributed by atoms with Gasteiger partial charge in [0.05, 0.1) is 25.1 Å². The van der Waals surface area contributed by atoms with Crippen LogP contribution < -0.4 is 19.3 Å². The molecule has 0 spiro atoms. The lowest BCUT2D eigenvalue weighted by Crippen LogP contribution is -2.49. The third-order valence-corrected chi connectivity index (χ3v) is 11.3. The fraction of sp³-hybridized carbons (Fsp3) is 0.390. The third kappa shape index (κ3) is 6.46. The number of hydrogen-bond acceptors (Lipinski definition) is 7. The average molecular weight is 695 g/mol. The van der Waals surface area contributed by atoms with Crippen LogP contribution in [0.25, 0.3) is 0 Å². The minimum atomic E-state index is -0.326. The molecule has 51 heavy (non-hydrogen) atoms. The number of carbonyl (C=O) groups is 1. The van der Waals surface area contributed by atoms with E-state index < -0.39 is 0 Å². The van der Waals surface area contributed by atoms with E-state index in [1.54, 1.807) is 37.3 Å². The number of aromatic hydroxyl groups is 1. The monoisotopic (exact) mass is 694 g/mol. The van der Waals surface area contributed by atoms with Crippen molar-refractivity contribution in [3.63, 3.8) is 0 Å². The number of ether oxygens (including phenoxy) is 2. The van der Waals surface area contributed by atoms with Gasteiger partial charge < -0.3 is 29.3 Å². The molecule has 8 rings (SSSR count). The van der Waals surface area contributed by atoms with E-state index in [4.69, 9.17) is 9.47 Å². The van der Waals surface area contributed by atoms with Crippen LogP contribution in [-0.4, -0.2) is 87.4 Å². The van der Waals surface area contributed by atoms with Crippen molar-refractivity contribution in [2.75, 3.05) is 76.4 Å². The minimum Gasteiger partial charge on any atom is -0.508 e. The van der Waals surface area contributed by atoms with Crippen molar-refractivity contribution < 1.29 is 28.2 Å². The second-order valence-corrected chi connectivity index (χ2v) is 14.4. The van der Waals surface area contributed by atoms with Crippen LogP contribution in [0.15, 0.2) is 72.8 Å². The molecule has 4 heterocycles. The van der Waals surface area contributed by atoms with Crippen molar-refractivity contribution in [3.8, 4) is 17.2 Å². The molecular formula is C41H44F2N4O4. The number of piperidine rings is 1. The minimum absolute atomic E-state index is 0.0693. The molecule has 0 unspecified atom stereocenters. The van der Waals surface area contributed by atoms with E-state index in [9.17, 15) is 9.90 Å². The van der Waals surface area contributed by atoms with Gasteiger partial charge in [0.25, 0.3) is 5.91 Å². The summed E-state index contributed by atoms with van der Waals surface area (Å²) in [6.45, 7) is 6.69. The van der Waals surface area contributed by atoms with Gasteiger partial charge in [-0.1, -0.05) is 24.3 Å². The Kier molecular flexibility index (Phi) is 8.96. The number of carbonyl (C=O) groups excluding carboxylic acids is 1. The lowest BCUT2D eigenvalue weighted by atomic mass is 9.75. The Morgan fingerprint density at radius 2 is 1.61 bits per heavy atom. The Hall–Kier alpha value is -4.83. The molecule has 4 aromatic carbocycles. The van der Waals surface area contributed by atoms with Crippen LogP contribution in [0.5, 0.6) is 17.2 Å². The molecule has 10 heteroatoms. The summed E-state index contributed by atoms with van der Waals surface area (Å²) in [4.78, 5) is 20.6. The number of hydrogen-bond donors (Lipinski definition) is 1. The first-order valence-electron chi connectivity index (χ1n) is 17.9. The van der Waals surface area contributed by atoms with E-state index >= 15 is 8.78 Å². The highest BCUT2D eigenvalue weighted by Gasteiger charge is 2.35. The molecule has 0 saturated carbocycles. The zero-order valence-electron chi connectivity index (χ0n) is 29.2. The van der Waals surface area contributed by atoms with Crippen molar-refractivity contribution >= 4 is 17.3 Å². The summed E-state index contributed by atoms with van der Waals surface area (Å²) < 4.78 is 42.7. The van der Waals surface area contributed by atoms with E-state index in [2.05, 4.69) is 20.8 Å². The van der Waals surface area contributed by atoms with E-state index in [0.717, 1.165) is 86.7 Å². The first-order valence-corrected chi connectivity index (χ1v) is 17.9. The molecule has 0 bridgehead atoms. The van der Waals surface area contributed by atoms with Gasteiger partial charge in [-0.2, -0.15) is 0 Å². The molecule has 2 atom stereocenters. The van der Waals surface area contributed by atoms with Gasteiger partial charge in [-0.25, -0.2) is 8.78 Å². The van der Waals surface area contributed by atoms with Crippen molar-refractivity contribution in [1.29, 1.82) is 0 Å². The Bertz CT molecular complexity index is 1940. The van der Waals surface area contributed by atoms with Crippen molar-refractivity contribution in [3.05, 3.63) is 112 Å². The van der Waals surface area contributed by atoms with Crippen LogP contribution in [0.4, 0.5) is 20.2 Å². The lowest BCUT2D eigenvalue weighted by Gasteiger charge is -2.40. The maximum Gasteiger partial charge on any atom is 0.254 e. The Morgan fingerprint density at radius 3 is 2.37 bits per heavy atom. The summed E-state index contributed by atoms with van der Waals surface area (Å²) in [5.74, 6) is 1.13. The second-order valence-electron chi connectivity index (χ2n) is 14.4. The fourth-order valence-corrected chi connectivity index (χ4v) is 8.55. The van der Waals surface area contributed by atoms with Crippen LogP contribution in [0.2, 0.25) is 0 Å². The van der Waals surface area contributed by atoms with Gasteiger partial charge in [0, 0.05) is 88.4 Å². The highest BCUT2D eigenvalue weighted by molar-refractivity contribution is 5.98. The molecule has 1 N–H and O–H groups in total. The van der Waals surface area contributed by atoms with E-state index in [1.165, 1.54) is 6.07 Å². The largest absolute Gasteiger partial charge is 0.508 e. The molecule has 0 aromatic heterocycles. The van der Waals surface area contributed by atoms with Crippen molar-refractivity contribution in [2.24, 2.45) is 5.92 Å². The van der Waals surface area contributed by atoms with Gasteiger partial charge in [-0.05, 0) is 77.9 Å². The van der Waals surface area contributed by atoms with Crippen LogP contribution in [0.1, 0.15) is 57.3 Å². The topological polar surface area (TPSA) is 68.7 Å². The van der Waals surface area contributed by atoms with Crippen LogP contribution in [-0.2, 0) is 6.54 Å². The molecule has 4 aliphatic rings. The Morgan fingerprint density at radius 1 is 0.843 bits per heavy atom. The van der Waals surface area contributed by atoms with E-state index in [0.29, 0.717) is 41.8 Å². The normalized spacial score (nSPS) is 21.0. The zero-order valence-corrected chi connectivity index (χ0v) is 29.2. The predicted octanol–water partition coefficient (Wildman–Crippen LogP) is 6.61. The quantitative estimate of drug-likeness (QED) is 0.234. The number of phenolic OH excluding ortho intramolecular Hbond substituents is 1. The number of benzene rings is 4. The van der Waals surface area contributed by atoms with Gasteiger partial charge in [-0.15, -0.1) is 0 Å². The summed E-state index contributed by atoms with van der Waals surface area (Å²) >= 11 is 0. The number of rotatable bonds is 7. The molecule has 0 aliphatic carbocycles. The van der Waals surface area contributed by atoms with Gasteiger partial charge in [-0.3, -0.25) is 9.69 Å². The molecule has 8 nitrogen and oxygen atoms in total. The number of amides is 1. The Labute approximate surface area is 297 Å². The lowest BCUT2D eigenvalue weighted by molar-refractivity contribution is 0.0816. The predicted molar refractivity (Wildman–Crippen MR) is 193 cm³/mol. The maximum absolute atomic E-state index is 16.1. The molecule has 1 amide bonds. The number of methoxy groups -OCH3 is 1. The number of piperazine rings is 1. The third-order valence-electron chi connectivity index (χ3n) is 11.3. The van der Waals surface area contributed by atoms with Crippen molar-refractivity contribution in [2.45, 2.75) is 31.2 Å². The van der Waals surface area contributed by atoms with Gasteiger partial charge >= 0.3 is 0 Å². The van der Waals surface area contributed by atoms with E-state index in [-0.39, 0.29) is 35.1 Å².